The highest BCUT2D eigenvalue weighted by Crippen LogP contribution is 2.31. The maximum Gasteiger partial charge on any atom is 0.0621 e. The Morgan fingerprint density at radius 3 is 2.60 bits per heavy atom. The third-order valence-corrected chi connectivity index (χ3v) is 3.86. The fourth-order valence-corrected chi connectivity index (χ4v) is 2.82. The molecule has 0 spiro atoms. The van der Waals surface area contributed by atoms with Crippen molar-refractivity contribution < 1.29 is 0 Å². The summed E-state index contributed by atoms with van der Waals surface area (Å²) in [6, 6.07) is 2.00. The van der Waals surface area contributed by atoms with E-state index in [0.29, 0.717) is 5.92 Å². The Balaban J connectivity index is 2.80. The average molecular weight is 291 g/mol. The molecular weight excluding hydrogens is 273 g/mol. The molecule has 1 rings (SSSR count). The summed E-state index contributed by atoms with van der Waals surface area (Å²) in [5, 5.41) is 1.77. The summed E-state index contributed by atoms with van der Waals surface area (Å²) in [5.41, 5.74) is 1.47. The van der Waals surface area contributed by atoms with Gasteiger partial charge in [0.25, 0.3) is 0 Å². The molecule has 0 aromatic carbocycles. The first kappa shape index (κ1) is 13.0. The average Bonchev–Trinajstić information content (AvgIpc) is 2.14. The third-order valence-electron chi connectivity index (χ3n) is 2.73. The number of aromatic nitrogens is 1. The number of hydrogen-bond donors (Lipinski definition) is 0. The summed E-state index contributed by atoms with van der Waals surface area (Å²) in [4.78, 5) is 4.00. The Morgan fingerprint density at radius 1 is 1.47 bits per heavy atom. The van der Waals surface area contributed by atoms with Gasteiger partial charge in [-0.3, -0.25) is 4.98 Å². The van der Waals surface area contributed by atoms with Crippen LogP contribution in [0.5, 0.6) is 0 Å². The molecule has 1 unspecified atom stereocenters. The van der Waals surface area contributed by atoms with Gasteiger partial charge in [-0.05, 0) is 29.4 Å². The van der Waals surface area contributed by atoms with Crippen molar-refractivity contribution in [2.75, 3.05) is 5.33 Å². The topological polar surface area (TPSA) is 12.9 Å². The normalized spacial score (nSPS) is 13.9. The van der Waals surface area contributed by atoms with Gasteiger partial charge >= 0.3 is 0 Å². The first-order valence-corrected chi connectivity index (χ1v) is 6.59. The number of halogens is 2. The molecule has 0 aliphatic carbocycles. The van der Waals surface area contributed by atoms with Crippen LogP contribution in [0.15, 0.2) is 18.5 Å². The molecule has 1 nitrogen and oxygen atoms in total. The van der Waals surface area contributed by atoms with Gasteiger partial charge in [0, 0.05) is 17.7 Å². The second-order valence-electron chi connectivity index (χ2n) is 4.89. The Labute approximate surface area is 105 Å². The lowest BCUT2D eigenvalue weighted by atomic mass is 9.79. The highest BCUT2D eigenvalue weighted by molar-refractivity contribution is 9.09. The Morgan fingerprint density at radius 2 is 2.13 bits per heavy atom. The van der Waals surface area contributed by atoms with Gasteiger partial charge < -0.3 is 0 Å². The van der Waals surface area contributed by atoms with Gasteiger partial charge in [-0.25, -0.2) is 0 Å². The standard InChI is InChI=1S/C12H17BrClN/c1-12(2,3)10(7-13)6-9-4-5-15-8-11(9)14/h4-5,8,10H,6-7H2,1-3H3. The van der Waals surface area contributed by atoms with Crippen molar-refractivity contribution in [3.63, 3.8) is 0 Å². The predicted molar refractivity (Wildman–Crippen MR) is 69.7 cm³/mol. The fourth-order valence-electron chi connectivity index (χ4n) is 1.43. The summed E-state index contributed by atoms with van der Waals surface area (Å²) >= 11 is 9.67. The van der Waals surface area contributed by atoms with E-state index in [2.05, 4.69) is 41.7 Å². The zero-order valence-corrected chi connectivity index (χ0v) is 11.8. The van der Waals surface area contributed by atoms with E-state index in [0.717, 1.165) is 16.8 Å². The Hall–Kier alpha value is -0.0800. The SMILES string of the molecule is CC(C)(C)C(CBr)Cc1ccncc1Cl. The van der Waals surface area contributed by atoms with Gasteiger partial charge in [0.1, 0.15) is 0 Å². The second-order valence-corrected chi connectivity index (χ2v) is 5.94. The van der Waals surface area contributed by atoms with E-state index in [1.54, 1.807) is 12.4 Å². The number of nitrogens with zero attached hydrogens (tertiary/aromatic N) is 1. The van der Waals surface area contributed by atoms with Crippen molar-refractivity contribution in [2.45, 2.75) is 27.2 Å². The minimum atomic E-state index is 0.288. The lowest BCUT2D eigenvalue weighted by Gasteiger charge is -2.29. The van der Waals surface area contributed by atoms with E-state index in [1.165, 1.54) is 5.56 Å². The molecule has 0 fully saturated rings. The van der Waals surface area contributed by atoms with Gasteiger partial charge in [0.2, 0.25) is 0 Å². The maximum atomic E-state index is 6.10. The lowest BCUT2D eigenvalue weighted by molar-refractivity contribution is 0.267. The zero-order valence-electron chi connectivity index (χ0n) is 9.43. The highest BCUT2D eigenvalue weighted by atomic mass is 79.9. The van der Waals surface area contributed by atoms with Gasteiger partial charge in [-0.2, -0.15) is 0 Å². The molecule has 0 saturated heterocycles. The van der Waals surface area contributed by atoms with Crippen LogP contribution in [-0.2, 0) is 6.42 Å². The van der Waals surface area contributed by atoms with Crippen LogP contribution in [0.1, 0.15) is 26.3 Å². The molecule has 15 heavy (non-hydrogen) atoms. The molecule has 1 aromatic heterocycles. The first-order valence-electron chi connectivity index (χ1n) is 5.09. The van der Waals surface area contributed by atoms with E-state index in [9.17, 15) is 0 Å². The van der Waals surface area contributed by atoms with Crippen LogP contribution in [0.4, 0.5) is 0 Å². The fraction of sp³-hybridized carbons (Fsp3) is 0.583. The molecule has 0 radical (unpaired) electrons. The molecule has 0 N–H and O–H groups in total. The Kier molecular flexibility index (Phi) is 4.60. The summed E-state index contributed by atoms with van der Waals surface area (Å²) in [6.07, 6.45) is 4.51. The number of alkyl halides is 1. The minimum absolute atomic E-state index is 0.288. The zero-order chi connectivity index (χ0) is 11.5. The van der Waals surface area contributed by atoms with Crippen LogP contribution in [-0.4, -0.2) is 10.3 Å². The van der Waals surface area contributed by atoms with E-state index in [1.807, 2.05) is 6.07 Å². The van der Waals surface area contributed by atoms with Crippen LogP contribution in [0.2, 0.25) is 5.02 Å². The molecule has 0 aliphatic heterocycles. The molecule has 1 aromatic rings. The largest absolute Gasteiger partial charge is 0.263 e. The van der Waals surface area contributed by atoms with Crippen LogP contribution in [0.3, 0.4) is 0 Å². The third kappa shape index (κ3) is 3.76. The van der Waals surface area contributed by atoms with Crippen molar-refractivity contribution >= 4 is 27.5 Å². The van der Waals surface area contributed by atoms with Crippen molar-refractivity contribution in [1.82, 2.24) is 4.98 Å². The van der Waals surface area contributed by atoms with Crippen molar-refractivity contribution in [1.29, 1.82) is 0 Å². The minimum Gasteiger partial charge on any atom is -0.263 e. The summed E-state index contributed by atoms with van der Waals surface area (Å²) in [5.74, 6) is 0.581. The smallest absolute Gasteiger partial charge is 0.0621 e. The second kappa shape index (κ2) is 5.31. The number of rotatable bonds is 3. The lowest BCUT2D eigenvalue weighted by Crippen LogP contribution is -2.24. The molecule has 1 atom stereocenters. The molecule has 0 saturated carbocycles. The summed E-state index contributed by atoms with van der Waals surface area (Å²) < 4.78 is 0. The molecule has 3 heteroatoms. The summed E-state index contributed by atoms with van der Waals surface area (Å²) in [7, 11) is 0. The predicted octanol–water partition coefficient (Wildman–Crippen LogP) is 4.33. The van der Waals surface area contributed by atoms with Crippen molar-refractivity contribution in [2.24, 2.45) is 11.3 Å². The molecule has 0 bridgehead atoms. The van der Waals surface area contributed by atoms with E-state index in [4.69, 9.17) is 11.6 Å². The molecule has 84 valence electrons. The van der Waals surface area contributed by atoms with Gasteiger partial charge in [0.05, 0.1) is 5.02 Å². The monoisotopic (exact) mass is 289 g/mol. The van der Waals surface area contributed by atoms with Crippen molar-refractivity contribution in [3.05, 3.63) is 29.0 Å². The quantitative estimate of drug-likeness (QED) is 0.755. The van der Waals surface area contributed by atoms with E-state index >= 15 is 0 Å². The number of pyridine rings is 1. The van der Waals surface area contributed by atoms with Crippen molar-refractivity contribution in [3.8, 4) is 0 Å². The van der Waals surface area contributed by atoms with Crippen LogP contribution >= 0.6 is 27.5 Å². The number of hydrogen-bond acceptors (Lipinski definition) is 1. The molecular formula is C12H17BrClN. The van der Waals surface area contributed by atoms with Gasteiger partial charge in [-0.15, -0.1) is 0 Å². The van der Waals surface area contributed by atoms with Gasteiger partial charge in [-0.1, -0.05) is 48.3 Å². The van der Waals surface area contributed by atoms with E-state index < -0.39 is 0 Å². The molecule has 1 heterocycles. The van der Waals surface area contributed by atoms with Crippen LogP contribution in [0, 0.1) is 11.3 Å². The summed E-state index contributed by atoms with van der Waals surface area (Å²) in [6.45, 7) is 6.77. The van der Waals surface area contributed by atoms with Crippen LogP contribution < -0.4 is 0 Å². The first-order chi connectivity index (χ1) is 6.95. The Bertz CT molecular complexity index is 320. The van der Waals surface area contributed by atoms with E-state index in [-0.39, 0.29) is 5.41 Å². The molecule has 0 aliphatic rings. The van der Waals surface area contributed by atoms with Gasteiger partial charge in [0.15, 0.2) is 0 Å². The van der Waals surface area contributed by atoms with Crippen LogP contribution in [0.25, 0.3) is 0 Å². The molecule has 0 amide bonds. The maximum absolute atomic E-state index is 6.10. The highest BCUT2D eigenvalue weighted by Gasteiger charge is 2.24.